The summed E-state index contributed by atoms with van der Waals surface area (Å²) in [5, 5.41) is 7.80. The lowest BCUT2D eigenvalue weighted by molar-refractivity contribution is 0.449. The summed E-state index contributed by atoms with van der Waals surface area (Å²) in [6.45, 7) is 7.30. The fourth-order valence-electron chi connectivity index (χ4n) is 1.69. The Morgan fingerprint density at radius 2 is 2.31 bits per heavy atom. The van der Waals surface area contributed by atoms with Crippen molar-refractivity contribution in [3.05, 3.63) is 18.0 Å². The predicted octanol–water partition coefficient (Wildman–Crippen LogP) is 2.36. The zero-order valence-electron chi connectivity index (χ0n) is 10.4. The summed E-state index contributed by atoms with van der Waals surface area (Å²) in [6.07, 6.45) is 11.2. The van der Waals surface area contributed by atoms with Gasteiger partial charge in [-0.1, -0.05) is 6.92 Å². The van der Waals surface area contributed by atoms with Crippen molar-refractivity contribution >= 4 is 0 Å². The van der Waals surface area contributed by atoms with Gasteiger partial charge < -0.3 is 5.32 Å². The second kappa shape index (κ2) is 6.34. The van der Waals surface area contributed by atoms with Gasteiger partial charge in [-0.25, -0.2) is 0 Å². The van der Waals surface area contributed by atoms with E-state index in [4.69, 9.17) is 6.42 Å². The minimum atomic E-state index is 0.304. The zero-order chi connectivity index (χ0) is 12.0. The third kappa shape index (κ3) is 3.39. The van der Waals surface area contributed by atoms with E-state index in [9.17, 15) is 0 Å². The molecule has 1 aromatic heterocycles. The van der Waals surface area contributed by atoms with Gasteiger partial charge in [0.05, 0.1) is 6.20 Å². The van der Waals surface area contributed by atoms with E-state index in [-0.39, 0.29) is 0 Å². The highest BCUT2D eigenvalue weighted by Crippen LogP contribution is 2.13. The van der Waals surface area contributed by atoms with E-state index in [1.54, 1.807) is 0 Å². The molecule has 0 saturated carbocycles. The van der Waals surface area contributed by atoms with Crippen LogP contribution >= 0.6 is 0 Å². The highest BCUT2D eigenvalue weighted by molar-refractivity contribution is 5.09. The van der Waals surface area contributed by atoms with Crippen LogP contribution in [0.25, 0.3) is 0 Å². The summed E-state index contributed by atoms with van der Waals surface area (Å²) in [7, 11) is 0. The smallest absolute Gasteiger partial charge is 0.0537 e. The number of aryl methyl sites for hydroxylation is 1. The van der Waals surface area contributed by atoms with Crippen LogP contribution in [0.3, 0.4) is 0 Å². The van der Waals surface area contributed by atoms with Crippen LogP contribution in [0.4, 0.5) is 0 Å². The van der Waals surface area contributed by atoms with Gasteiger partial charge >= 0.3 is 0 Å². The van der Waals surface area contributed by atoms with E-state index in [0.29, 0.717) is 12.1 Å². The lowest BCUT2D eigenvalue weighted by Crippen LogP contribution is -2.30. The molecule has 1 heterocycles. The molecule has 2 unspecified atom stereocenters. The van der Waals surface area contributed by atoms with E-state index in [2.05, 4.69) is 43.3 Å². The molecule has 0 fully saturated rings. The molecule has 0 spiro atoms. The first-order valence-corrected chi connectivity index (χ1v) is 5.93. The Balaban J connectivity index is 2.57. The van der Waals surface area contributed by atoms with E-state index >= 15 is 0 Å². The quantitative estimate of drug-likeness (QED) is 0.744. The second-order valence-corrected chi connectivity index (χ2v) is 4.03. The average Bonchev–Trinajstić information content (AvgIpc) is 2.76. The average molecular weight is 219 g/mol. The lowest BCUT2D eigenvalue weighted by atomic mass is 10.1. The molecular formula is C13H21N3. The summed E-state index contributed by atoms with van der Waals surface area (Å²) in [5.41, 5.74) is 1.22. The van der Waals surface area contributed by atoms with Crippen LogP contribution in [0.15, 0.2) is 12.4 Å². The molecule has 0 bridgehead atoms. The van der Waals surface area contributed by atoms with Gasteiger partial charge in [-0.3, -0.25) is 4.68 Å². The summed E-state index contributed by atoms with van der Waals surface area (Å²) in [6, 6.07) is 0.698. The summed E-state index contributed by atoms with van der Waals surface area (Å²) >= 11 is 0. The van der Waals surface area contributed by atoms with Crippen LogP contribution in [0.5, 0.6) is 0 Å². The molecule has 0 aliphatic rings. The van der Waals surface area contributed by atoms with Crippen molar-refractivity contribution < 1.29 is 0 Å². The fourth-order valence-corrected chi connectivity index (χ4v) is 1.69. The van der Waals surface area contributed by atoms with Crippen LogP contribution in [-0.4, -0.2) is 15.8 Å². The third-order valence-corrected chi connectivity index (χ3v) is 2.82. The highest BCUT2D eigenvalue weighted by atomic mass is 15.3. The third-order valence-electron chi connectivity index (χ3n) is 2.82. The molecule has 16 heavy (non-hydrogen) atoms. The van der Waals surface area contributed by atoms with Crippen molar-refractivity contribution in [1.82, 2.24) is 15.1 Å². The molecule has 0 aliphatic carbocycles. The van der Waals surface area contributed by atoms with Crippen LogP contribution in [0, 0.1) is 12.3 Å². The summed E-state index contributed by atoms with van der Waals surface area (Å²) < 4.78 is 1.94. The largest absolute Gasteiger partial charge is 0.306 e. The Bertz CT molecular complexity index is 348. The van der Waals surface area contributed by atoms with Gasteiger partial charge in [-0.15, -0.1) is 12.3 Å². The number of hydrogen-bond acceptors (Lipinski definition) is 2. The molecule has 0 amide bonds. The number of nitrogens with zero attached hydrogens (tertiary/aromatic N) is 2. The first-order chi connectivity index (χ1) is 7.71. The Morgan fingerprint density at radius 3 is 2.81 bits per heavy atom. The SMILES string of the molecule is C#CCC(CC)NC(C)c1cnn(CC)c1. The van der Waals surface area contributed by atoms with Crippen molar-refractivity contribution in [3.8, 4) is 12.3 Å². The molecular weight excluding hydrogens is 198 g/mol. The molecule has 88 valence electrons. The minimum Gasteiger partial charge on any atom is -0.306 e. The molecule has 1 N–H and O–H groups in total. The van der Waals surface area contributed by atoms with Gasteiger partial charge in [0.25, 0.3) is 0 Å². The number of nitrogens with one attached hydrogen (secondary N) is 1. The van der Waals surface area contributed by atoms with E-state index in [1.807, 2.05) is 10.9 Å². The van der Waals surface area contributed by atoms with Crippen molar-refractivity contribution in [2.75, 3.05) is 0 Å². The van der Waals surface area contributed by atoms with Crippen LogP contribution in [0.1, 0.15) is 45.2 Å². The standard InChI is InChI=1S/C13H21N3/c1-5-8-13(6-2)15-11(4)12-9-14-16(7-3)10-12/h1,9-11,13,15H,6-8H2,2-4H3. The number of aromatic nitrogens is 2. The van der Waals surface area contributed by atoms with Crippen molar-refractivity contribution in [2.24, 2.45) is 0 Å². The monoisotopic (exact) mass is 219 g/mol. The molecule has 0 saturated heterocycles. The molecule has 3 heteroatoms. The number of hydrogen-bond donors (Lipinski definition) is 1. The Labute approximate surface area is 98.2 Å². The molecule has 1 rings (SSSR count). The van der Waals surface area contributed by atoms with Gasteiger partial charge in [0.15, 0.2) is 0 Å². The van der Waals surface area contributed by atoms with Crippen LogP contribution in [0.2, 0.25) is 0 Å². The van der Waals surface area contributed by atoms with Crippen LogP contribution in [-0.2, 0) is 6.54 Å². The molecule has 1 aromatic rings. The van der Waals surface area contributed by atoms with Gasteiger partial charge in [0.2, 0.25) is 0 Å². The minimum absolute atomic E-state index is 0.304. The van der Waals surface area contributed by atoms with Gasteiger partial charge in [0.1, 0.15) is 0 Å². The Hall–Kier alpha value is -1.27. The van der Waals surface area contributed by atoms with Crippen molar-refractivity contribution in [3.63, 3.8) is 0 Å². The maximum atomic E-state index is 5.34. The van der Waals surface area contributed by atoms with E-state index in [0.717, 1.165) is 19.4 Å². The van der Waals surface area contributed by atoms with Gasteiger partial charge in [-0.2, -0.15) is 5.10 Å². The predicted molar refractivity (Wildman–Crippen MR) is 67.0 cm³/mol. The van der Waals surface area contributed by atoms with Gasteiger partial charge in [-0.05, 0) is 20.3 Å². The molecule has 0 radical (unpaired) electrons. The fraction of sp³-hybridized carbons (Fsp3) is 0.615. The first kappa shape index (κ1) is 12.8. The molecule has 0 aromatic carbocycles. The normalized spacial score (nSPS) is 14.4. The number of rotatable bonds is 6. The highest BCUT2D eigenvalue weighted by Gasteiger charge is 2.12. The lowest BCUT2D eigenvalue weighted by Gasteiger charge is -2.19. The second-order valence-electron chi connectivity index (χ2n) is 4.03. The topological polar surface area (TPSA) is 29.9 Å². The van der Waals surface area contributed by atoms with Crippen molar-refractivity contribution in [2.45, 2.75) is 52.2 Å². The van der Waals surface area contributed by atoms with Gasteiger partial charge in [0, 0.05) is 36.8 Å². The van der Waals surface area contributed by atoms with E-state index < -0.39 is 0 Å². The van der Waals surface area contributed by atoms with Crippen LogP contribution < -0.4 is 5.32 Å². The molecule has 0 aliphatic heterocycles. The summed E-state index contributed by atoms with van der Waals surface area (Å²) in [5.74, 6) is 2.71. The van der Waals surface area contributed by atoms with Crippen molar-refractivity contribution in [1.29, 1.82) is 0 Å². The van der Waals surface area contributed by atoms with E-state index in [1.165, 1.54) is 5.56 Å². The molecule has 2 atom stereocenters. The Kier molecular flexibility index (Phi) is 5.07. The Morgan fingerprint density at radius 1 is 1.56 bits per heavy atom. The number of terminal acetylenes is 1. The molecule has 3 nitrogen and oxygen atoms in total. The maximum absolute atomic E-state index is 5.34. The first-order valence-electron chi connectivity index (χ1n) is 5.93. The maximum Gasteiger partial charge on any atom is 0.0537 e. The summed E-state index contributed by atoms with van der Waals surface area (Å²) in [4.78, 5) is 0. The zero-order valence-corrected chi connectivity index (χ0v) is 10.4.